The van der Waals surface area contributed by atoms with Crippen LogP contribution in [0.3, 0.4) is 0 Å². The summed E-state index contributed by atoms with van der Waals surface area (Å²) in [5.41, 5.74) is 1.82. The summed E-state index contributed by atoms with van der Waals surface area (Å²) in [5, 5.41) is 0. The van der Waals surface area contributed by atoms with Gasteiger partial charge < -0.3 is 4.74 Å². The van der Waals surface area contributed by atoms with E-state index >= 15 is 0 Å². The summed E-state index contributed by atoms with van der Waals surface area (Å²) in [4.78, 5) is 11.2. The lowest BCUT2D eigenvalue weighted by atomic mass is 9.48. The first-order valence-corrected chi connectivity index (χ1v) is 10.1. The average Bonchev–Trinajstić information content (AvgIpc) is 2.96. The number of alkyl halides is 3. The number of carbonyl (C=O) groups is 1. The molecule has 0 heterocycles. The van der Waals surface area contributed by atoms with E-state index in [1.807, 2.05) is 0 Å². The maximum Gasteiger partial charge on any atom is 0.490 e. The van der Waals surface area contributed by atoms with Crippen LogP contribution in [0.15, 0.2) is 11.6 Å². The molecule has 6 atom stereocenters. The maximum atomic E-state index is 12.5. The van der Waals surface area contributed by atoms with E-state index in [9.17, 15) is 18.0 Å². The number of carbonyl (C=O) groups excluding carboxylic acids is 1. The summed E-state index contributed by atoms with van der Waals surface area (Å²) < 4.78 is 42.3. The molecule has 0 spiro atoms. The molecule has 0 amide bonds. The number of allylic oxidation sites excluding steroid dienone is 1. The van der Waals surface area contributed by atoms with Gasteiger partial charge in [-0.3, -0.25) is 0 Å². The highest BCUT2D eigenvalue weighted by molar-refractivity contribution is 5.75. The fraction of sp³-hybridized carbons (Fsp3) is 0.857. The van der Waals surface area contributed by atoms with Gasteiger partial charge in [-0.05, 0) is 73.5 Å². The van der Waals surface area contributed by atoms with Crippen LogP contribution in [0.25, 0.3) is 0 Å². The predicted molar refractivity (Wildman–Crippen MR) is 92.3 cm³/mol. The monoisotopic (exact) mass is 370 g/mol. The van der Waals surface area contributed by atoms with Crippen LogP contribution in [-0.2, 0) is 9.53 Å². The topological polar surface area (TPSA) is 26.3 Å². The Labute approximate surface area is 153 Å². The molecule has 0 aromatic carbocycles. The van der Waals surface area contributed by atoms with Crippen LogP contribution in [0.2, 0.25) is 0 Å². The second-order valence-corrected chi connectivity index (χ2v) is 9.61. The minimum Gasteiger partial charge on any atom is -0.455 e. The molecule has 4 aliphatic rings. The molecule has 4 rings (SSSR count). The lowest BCUT2D eigenvalue weighted by Crippen LogP contribution is -2.49. The Morgan fingerprint density at radius 3 is 2.62 bits per heavy atom. The van der Waals surface area contributed by atoms with Crippen molar-refractivity contribution in [1.29, 1.82) is 0 Å². The van der Waals surface area contributed by atoms with Gasteiger partial charge >= 0.3 is 12.1 Å². The van der Waals surface area contributed by atoms with Crippen molar-refractivity contribution in [3.63, 3.8) is 0 Å². The summed E-state index contributed by atoms with van der Waals surface area (Å²) >= 11 is 0. The number of hydrogen-bond donors (Lipinski definition) is 0. The van der Waals surface area contributed by atoms with Gasteiger partial charge in [-0.15, -0.1) is 0 Å². The number of fused-ring (bicyclic) bond motifs is 5. The highest BCUT2D eigenvalue weighted by Crippen LogP contribution is 2.64. The van der Waals surface area contributed by atoms with E-state index in [1.165, 1.54) is 37.7 Å². The van der Waals surface area contributed by atoms with Crippen molar-refractivity contribution in [2.45, 2.75) is 83.9 Å². The molecule has 5 heteroatoms. The van der Waals surface area contributed by atoms with Crippen molar-refractivity contribution in [2.24, 2.45) is 28.6 Å². The second-order valence-electron chi connectivity index (χ2n) is 9.61. The van der Waals surface area contributed by atoms with Crippen molar-refractivity contribution in [2.75, 3.05) is 0 Å². The van der Waals surface area contributed by atoms with Crippen molar-refractivity contribution in [3.05, 3.63) is 11.6 Å². The molecular weight excluding hydrogens is 341 g/mol. The van der Waals surface area contributed by atoms with Gasteiger partial charge in [0.2, 0.25) is 0 Å². The molecule has 146 valence electrons. The Bertz CT molecular complexity index is 625. The van der Waals surface area contributed by atoms with E-state index in [-0.39, 0.29) is 5.41 Å². The molecule has 2 nitrogen and oxygen atoms in total. The third kappa shape index (κ3) is 2.80. The van der Waals surface area contributed by atoms with Crippen LogP contribution < -0.4 is 0 Å². The molecule has 0 radical (unpaired) electrons. The molecule has 3 saturated carbocycles. The molecule has 0 saturated heterocycles. The van der Waals surface area contributed by atoms with Crippen LogP contribution in [0.1, 0.15) is 71.6 Å². The predicted octanol–water partition coefficient (Wildman–Crippen LogP) is 5.81. The zero-order valence-corrected chi connectivity index (χ0v) is 15.7. The van der Waals surface area contributed by atoms with Gasteiger partial charge in [0, 0.05) is 6.42 Å². The lowest BCUT2D eigenvalue weighted by molar-refractivity contribution is -0.206. The molecule has 4 aliphatic carbocycles. The number of rotatable bonds is 1. The number of halogens is 3. The molecule has 3 fully saturated rings. The summed E-state index contributed by atoms with van der Waals surface area (Å²) in [5.74, 6) is 0.119. The summed E-state index contributed by atoms with van der Waals surface area (Å²) in [7, 11) is 0. The number of hydrogen-bond acceptors (Lipinski definition) is 2. The summed E-state index contributed by atoms with van der Waals surface area (Å²) in [6, 6.07) is 0. The van der Waals surface area contributed by atoms with Crippen LogP contribution in [0.4, 0.5) is 13.2 Å². The van der Waals surface area contributed by atoms with E-state index in [0.29, 0.717) is 24.2 Å². The standard InChI is InChI=1S/C21H29F3O2/c1-19-9-3-4-16(19)15-6-5-13-12-14(26-18(25)21(22,23)24)7-11-20(13,2)17(15)8-10-19/h5,14-17H,3-4,6-12H2,1-2H3/t14-,15+,16+,17+,19+,20-/m0/s1. The van der Waals surface area contributed by atoms with Gasteiger partial charge in [-0.1, -0.05) is 31.9 Å². The Hall–Kier alpha value is -1.00. The third-order valence-electron chi connectivity index (χ3n) is 8.35. The third-order valence-corrected chi connectivity index (χ3v) is 8.35. The number of ether oxygens (including phenoxy) is 1. The quantitative estimate of drug-likeness (QED) is 0.430. The zero-order valence-electron chi connectivity index (χ0n) is 15.7. The largest absolute Gasteiger partial charge is 0.490 e. The zero-order chi connectivity index (χ0) is 18.7. The van der Waals surface area contributed by atoms with E-state index in [1.54, 1.807) is 0 Å². The van der Waals surface area contributed by atoms with Crippen molar-refractivity contribution in [3.8, 4) is 0 Å². The van der Waals surface area contributed by atoms with Crippen molar-refractivity contribution < 1.29 is 22.7 Å². The van der Waals surface area contributed by atoms with Crippen molar-refractivity contribution >= 4 is 5.97 Å². The van der Waals surface area contributed by atoms with Gasteiger partial charge in [-0.25, -0.2) is 4.79 Å². The molecule has 26 heavy (non-hydrogen) atoms. The number of esters is 1. The first-order chi connectivity index (χ1) is 12.1. The van der Waals surface area contributed by atoms with Gasteiger partial charge in [0.1, 0.15) is 6.10 Å². The van der Waals surface area contributed by atoms with E-state index < -0.39 is 18.2 Å². The van der Waals surface area contributed by atoms with Crippen LogP contribution in [0, 0.1) is 28.6 Å². The molecular formula is C21H29F3O2. The molecule has 0 aliphatic heterocycles. The fourth-order valence-electron chi connectivity index (χ4n) is 6.94. The average molecular weight is 370 g/mol. The van der Waals surface area contributed by atoms with E-state index in [0.717, 1.165) is 24.7 Å². The maximum absolute atomic E-state index is 12.5. The Kier molecular flexibility index (Phi) is 4.24. The van der Waals surface area contributed by atoms with Gasteiger partial charge in [0.15, 0.2) is 0 Å². The summed E-state index contributed by atoms with van der Waals surface area (Å²) in [6.07, 6.45) is 6.22. The second kappa shape index (κ2) is 6.00. The van der Waals surface area contributed by atoms with Crippen LogP contribution in [-0.4, -0.2) is 18.2 Å². The first kappa shape index (κ1) is 18.4. The van der Waals surface area contributed by atoms with Gasteiger partial charge in [-0.2, -0.15) is 13.2 Å². The molecule has 0 N–H and O–H groups in total. The Balaban J connectivity index is 1.51. The lowest BCUT2D eigenvalue weighted by Gasteiger charge is -2.57. The molecule has 0 aromatic rings. The van der Waals surface area contributed by atoms with E-state index in [4.69, 9.17) is 4.74 Å². The SMILES string of the molecule is C[C@]12CCC[C@@H]1[C@H]1CC=C3C[C@@H](OC(=O)C(F)(F)F)CC[C@]3(C)[C@@H]1CC2. The minimum absolute atomic E-state index is 0.0774. The normalized spacial score (nSPS) is 45.2. The first-order valence-electron chi connectivity index (χ1n) is 10.1. The Morgan fingerprint density at radius 2 is 1.88 bits per heavy atom. The van der Waals surface area contributed by atoms with E-state index in [2.05, 4.69) is 19.9 Å². The fourth-order valence-corrected chi connectivity index (χ4v) is 6.94. The van der Waals surface area contributed by atoms with Gasteiger partial charge in [0.25, 0.3) is 0 Å². The minimum atomic E-state index is -4.90. The highest BCUT2D eigenvalue weighted by Gasteiger charge is 2.56. The van der Waals surface area contributed by atoms with Crippen LogP contribution in [0.5, 0.6) is 0 Å². The van der Waals surface area contributed by atoms with Crippen LogP contribution >= 0.6 is 0 Å². The molecule has 0 aromatic heterocycles. The molecule has 0 bridgehead atoms. The highest BCUT2D eigenvalue weighted by atomic mass is 19.4. The smallest absolute Gasteiger partial charge is 0.455 e. The summed E-state index contributed by atoms with van der Waals surface area (Å²) in [6.45, 7) is 4.78. The van der Waals surface area contributed by atoms with Crippen molar-refractivity contribution in [1.82, 2.24) is 0 Å². The Morgan fingerprint density at radius 1 is 1.12 bits per heavy atom. The van der Waals surface area contributed by atoms with Gasteiger partial charge in [0.05, 0.1) is 0 Å². The molecule has 0 unspecified atom stereocenters.